The maximum absolute atomic E-state index is 5.48. The van der Waals surface area contributed by atoms with E-state index in [-0.39, 0.29) is 6.79 Å². The fraction of sp³-hybridized carbons (Fsp3) is 0.300. The maximum Gasteiger partial charge on any atom is 0.241 e. The summed E-state index contributed by atoms with van der Waals surface area (Å²) in [5.41, 5.74) is 3.16. The average Bonchev–Trinajstić information content (AvgIpc) is 3.30. The molecule has 2 aromatic carbocycles. The molecule has 2 heterocycles. The van der Waals surface area contributed by atoms with Crippen molar-refractivity contribution in [3.63, 3.8) is 0 Å². The zero-order valence-electron chi connectivity index (χ0n) is 15.6. The molecule has 0 spiro atoms. The lowest BCUT2D eigenvalue weighted by molar-refractivity contribution is 0.171. The number of hydrogen-bond donors (Lipinski definition) is 0. The molecule has 0 saturated carbocycles. The van der Waals surface area contributed by atoms with Crippen molar-refractivity contribution in [2.75, 3.05) is 21.0 Å². The Morgan fingerprint density at radius 1 is 1.15 bits per heavy atom. The van der Waals surface area contributed by atoms with Gasteiger partial charge in [0, 0.05) is 12.1 Å². The number of aromatic nitrogens is 2. The summed E-state index contributed by atoms with van der Waals surface area (Å²) in [5.74, 6) is 3.21. The van der Waals surface area contributed by atoms with Gasteiger partial charge in [0.25, 0.3) is 0 Å². The number of aryl methyl sites for hydroxylation is 1. The van der Waals surface area contributed by atoms with Crippen LogP contribution in [0.25, 0.3) is 11.4 Å². The Morgan fingerprint density at radius 2 is 2.04 bits per heavy atom. The Bertz CT molecular complexity index is 954. The normalized spacial score (nSPS) is 12.6. The number of rotatable bonds is 6. The Balaban J connectivity index is 1.45. The van der Waals surface area contributed by atoms with E-state index in [0.717, 1.165) is 16.7 Å². The molecule has 3 aromatic rings. The van der Waals surface area contributed by atoms with E-state index in [1.54, 1.807) is 7.11 Å². The van der Waals surface area contributed by atoms with Crippen LogP contribution >= 0.6 is 0 Å². The molecular formula is C20H21N3O4. The molecule has 0 unspecified atom stereocenters. The molecule has 4 rings (SSSR count). The van der Waals surface area contributed by atoms with Crippen molar-refractivity contribution in [1.29, 1.82) is 0 Å². The number of methoxy groups -OCH3 is 1. The molecule has 0 amide bonds. The number of nitrogens with zero attached hydrogens (tertiary/aromatic N) is 3. The van der Waals surface area contributed by atoms with Crippen molar-refractivity contribution in [2.24, 2.45) is 0 Å². The van der Waals surface area contributed by atoms with Crippen molar-refractivity contribution in [3.05, 3.63) is 53.4 Å². The van der Waals surface area contributed by atoms with Gasteiger partial charge < -0.3 is 18.7 Å². The summed E-state index contributed by atoms with van der Waals surface area (Å²) >= 11 is 0. The van der Waals surface area contributed by atoms with Crippen molar-refractivity contribution >= 4 is 0 Å². The van der Waals surface area contributed by atoms with E-state index >= 15 is 0 Å². The van der Waals surface area contributed by atoms with Crippen LogP contribution in [0.5, 0.6) is 17.2 Å². The van der Waals surface area contributed by atoms with Gasteiger partial charge in [-0.15, -0.1) is 0 Å². The first kappa shape index (κ1) is 17.4. The van der Waals surface area contributed by atoms with E-state index in [4.69, 9.17) is 18.7 Å². The number of hydrogen-bond acceptors (Lipinski definition) is 7. The van der Waals surface area contributed by atoms with Crippen LogP contribution in [-0.2, 0) is 13.1 Å². The summed E-state index contributed by atoms with van der Waals surface area (Å²) in [6.07, 6.45) is 0. The van der Waals surface area contributed by atoms with Crippen molar-refractivity contribution < 1.29 is 18.7 Å². The zero-order valence-corrected chi connectivity index (χ0v) is 15.6. The average molecular weight is 367 g/mol. The molecule has 0 atom stereocenters. The lowest BCUT2D eigenvalue weighted by Crippen LogP contribution is -2.17. The van der Waals surface area contributed by atoms with Gasteiger partial charge in [-0.2, -0.15) is 4.98 Å². The predicted octanol–water partition coefficient (Wildman–Crippen LogP) is 3.41. The highest BCUT2D eigenvalue weighted by atomic mass is 16.7. The zero-order chi connectivity index (χ0) is 18.8. The second-order valence-electron chi connectivity index (χ2n) is 6.59. The molecule has 1 aromatic heterocycles. The Labute approximate surface area is 157 Å². The van der Waals surface area contributed by atoms with Crippen molar-refractivity contribution in [3.8, 4) is 28.6 Å². The molecule has 0 bridgehead atoms. The van der Waals surface area contributed by atoms with Gasteiger partial charge in [-0.25, -0.2) is 0 Å². The van der Waals surface area contributed by atoms with Gasteiger partial charge in [-0.1, -0.05) is 28.9 Å². The summed E-state index contributed by atoms with van der Waals surface area (Å²) < 4.78 is 21.7. The molecule has 0 N–H and O–H groups in total. The summed E-state index contributed by atoms with van der Waals surface area (Å²) in [7, 11) is 3.61. The highest BCUT2D eigenvalue weighted by molar-refractivity contribution is 5.56. The molecular weight excluding hydrogens is 346 g/mol. The van der Waals surface area contributed by atoms with Crippen molar-refractivity contribution in [1.82, 2.24) is 15.0 Å². The van der Waals surface area contributed by atoms with E-state index in [9.17, 15) is 0 Å². The predicted molar refractivity (Wildman–Crippen MR) is 98.8 cm³/mol. The van der Waals surface area contributed by atoms with Crippen LogP contribution in [0.3, 0.4) is 0 Å². The Hall–Kier alpha value is -3.06. The van der Waals surface area contributed by atoms with Gasteiger partial charge >= 0.3 is 0 Å². The van der Waals surface area contributed by atoms with Crippen LogP contribution in [0.2, 0.25) is 0 Å². The van der Waals surface area contributed by atoms with Gasteiger partial charge in [0.1, 0.15) is 0 Å². The van der Waals surface area contributed by atoms with Gasteiger partial charge in [0.2, 0.25) is 24.3 Å². The van der Waals surface area contributed by atoms with Crippen LogP contribution in [0, 0.1) is 6.92 Å². The molecule has 0 fully saturated rings. The quantitative estimate of drug-likeness (QED) is 0.661. The minimum atomic E-state index is 0.217. The first-order chi connectivity index (χ1) is 13.1. The molecule has 7 heteroatoms. The smallest absolute Gasteiger partial charge is 0.241 e. The summed E-state index contributed by atoms with van der Waals surface area (Å²) in [6, 6.07) is 12.0. The molecule has 27 heavy (non-hydrogen) atoms. The fourth-order valence-corrected chi connectivity index (χ4v) is 3.09. The van der Waals surface area contributed by atoms with Crippen LogP contribution in [0.4, 0.5) is 0 Å². The maximum atomic E-state index is 5.48. The fourth-order valence-electron chi connectivity index (χ4n) is 3.09. The monoisotopic (exact) mass is 367 g/mol. The standard InChI is InChI=1S/C20H21N3O4/c1-13-5-4-6-15(7-13)20-21-18(27-22-20)11-23(2)10-14-8-16(24-3)19-17(9-14)25-12-26-19/h4-9H,10-12H2,1-3H3. The SMILES string of the molecule is COc1cc(CN(C)Cc2nc(-c3cccc(C)c3)no2)cc2c1OCO2. The summed E-state index contributed by atoms with van der Waals surface area (Å²) in [5, 5.41) is 4.09. The van der Waals surface area contributed by atoms with Crippen LogP contribution in [0.1, 0.15) is 17.0 Å². The number of ether oxygens (including phenoxy) is 3. The molecule has 7 nitrogen and oxygen atoms in total. The van der Waals surface area contributed by atoms with Gasteiger partial charge in [-0.3, -0.25) is 4.90 Å². The lowest BCUT2D eigenvalue weighted by Gasteiger charge is -2.15. The van der Waals surface area contributed by atoms with Crippen LogP contribution in [0.15, 0.2) is 40.9 Å². The first-order valence-electron chi connectivity index (χ1n) is 8.67. The lowest BCUT2D eigenvalue weighted by atomic mass is 10.1. The summed E-state index contributed by atoms with van der Waals surface area (Å²) in [4.78, 5) is 6.59. The van der Waals surface area contributed by atoms with E-state index < -0.39 is 0 Å². The molecule has 0 saturated heterocycles. The molecule has 140 valence electrons. The van der Waals surface area contributed by atoms with Gasteiger partial charge in [0.15, 0.2) is 11.5 Å². The number of fused-ring (bicyclic) bond motifs is 1. The number of benzene rings is 2. The minimum absolute atomic E-state index is 0.217. The summed E-state index contributed by atoms with van der Waals surface area (Å²) in [6.45, 7) is 3.47. The van der Waals surface area contributed by atoms with E-state index in [1.807, 2.05) is 50.4 Å². The third kappa shape index (κ3) is 3.73. The second kappa shape index (κ2) is 7.28. The highest BCUT2D eigenvalue weighted by Gasteiger charge is 2.21. The van der Waals surface area contributed by atoms with Crippen molar-refractivity contribution in [2.45, 2.75) is 20.0 Å². The van der Waals surface area contributed by atoms with Crippen LogP contribution < -0.4 is 14.2 Å². The second-order valence-corrected chi connectivity index (χ2v) is 6.59. The van der Waals surface area contributed by atoms with Crippen LogP contribution in [-0.4, -0.2) is 36.0 Å². The largest absolute Gasteiger partial charge is 0.493 e. The van der Waals surface area contributed by atoms with Gasteiger partial charge in [-0.05, 0) is 37.7 Å². The third-order valence-corrected chi connectivity index (χ3v) is 4.32. The van der Waals surface area contributed by atoms with Gasteiger partial charge in [0.05, 0.1) is 13.7 Å². The Kier molecular flexibility index (Phi) is 4.68. The molecule has 0 radical (unpaired) electrons. The highest BCUT2D eigenvalue weighted by Crippen LogP contribution is 2.42. The van der Waals surface area contributed by atoms with E-state index in [2.05, 4.69) is 15.0 Å². The Morgan fingerprint density at radius 3 is 2.85 bits per heavy atom. The molecule has 0 aliphatic carbocycles. The van der Waals surface area contributed by atoms with E-state index in [0.29, 0.717) is 42.1 Å². The first-order valence-corrected chi connectivity index (χ1v) is 8.67. The van der Waals surface area contributed by atoms with E-state index in [1.165, 1.54) is 0 Å². The molecule has 1 aliphatic heterocycles. The molecule has 1 aliphatic rings. The minimum Gasteiger partial charge on any atom is -0.493 e. The topological polar surface area (TPSA) is 69.9 Å². The third-order valence-electron chi connectivity index (χ3n) is 4.32.